The number of likely N-dealkylation sites (tertiary alicyclic amines) is 1. The second-order valence-corrected chi connectivity index (χ2v) is 8.69. The summed E-state index contributed by atoms with van der Waals surface area (Å²) in [7, 11) is 0. The van der Waals surface area contributed by atoms with Crippen LogP contribution < -0.4 is 5.32 Å². The highest BCUT2D eigenvalue weighted by Crippen LogP contribution is 2.44. The van der Waals surface area contributed by atoms with Gasteiger partial charge in [0.1, 0.15) is 12.6 Å². The Morgan fingerprint density at radius 1 is 1.12 bits per heavy atom. The van der Waals surface area contributed by atoms with Gasteiger partial charge in [0.15, 0.2) is 0 Å². The number of aliphatic carboxylic acids is 1. The Morgan fingerprint density at radius 2 is 1.71 bits per heavy atom. The van der Waals surface area contributed by atoms with Crippen molar-refractivity contribution in [1.82, 2.24) is 10.2 Å². The van der Waals surface area contributed by atoms with Crippen LogP contribution in [0.3, 0.4) is 0 Å². The third-order valence-electron chi connectivity index (χ3n) is 6.52. The fraction of sp³-hybridized carbons (Fsp3) is 0.400. The van der Waals surface area contributed by atoms with E-state index in [0.717, 1.165) is 22.3 Å². The van der Waals surface area contributed by atoms with Crippen LogP contribution in [0.4, 0.5) is 13.6 Å². The molecule has 0 saturated carbocycles. The molecule has 180 valence electrons. The quantitative estimate of drug-likeness (QED) is 0.638. The van der Waals surface area contributed by atoms with Gasteiger partial charge in [-0.3, -0.25) is 4.79 Å². The Hall–Kier alpha value is -3.49. The van der Waals surface area contributed by atoms with Crippen molar-refractivity contribution in [3.8, 4) is 11.1 Å². The molecule has 0 bridgehead atoms. The second kappa shape index (κ2) is 9.40. The summed E-state index contributed by atoms with van der Waals surface area (Å²) in [5.41, 5.74) is 4.32. The molecule has 9 heteroatoms. The number of amides is 2. The summed E-state index contributed by atoms with van der Waals surface area (Å²) in [6.07, 6.45) is -1.39. The van der Waals surface area contributed by atoms with E-state index in [0.29, 0.717) is 4.90 Å². The molecule has 4 rings (SSSR count). The highest BCUT2D eigenvalue weighted by molar-refractivity contribution is 5.86. The number of carbonyl (C=O) groups is 3. The Morgan fingerprint density at radius 3 is 2.26 bits per heavy atom. The first-order chi connectivity index (χ1) is 16.2. The van der Waals surface area contributed by atoms with Gasteiger partial charge in [-0.05, 0) is 28.7 Å². The summed E-state index contributed by atoms with van der Waals surface area (Å²) in [6, 6.07) is 14.2. The van der Waals surface area contributed by atoms with Gasteiger partial charge in [0.25, 0.3) is 5.92 Å². The molecule has 34 heavy (non-hydrogen) atoms. The molecule has 1 fully saturated rings. The van der Waals surface area contributed by atoms with E-state index < -0.39 is 48.8 Å². The van der Waals surface area contributed by atoms with Gasteiger partial charge in [-0.1, -0.05) is 55.5 Å². The van der Waals surface area contributed by atoms with Crippen molar-refractivity contribution in [2.24, 2.45) is 5.92 Å². The van der Waals surface area contributed by atoms with Crippen molar-refractivity contribution in [2.75, 3.05) is 19.7 Å². The molecule has 2 aromatic rings. The minimum atomic E-state index is -3.25. The molecular weight excluding hydrogens is 446 g/mol. The topological polar surface area (TPSA) is 95.9 Å². The number of alkyl halides is 2. The average molecular weight is 472 g/mol. The SMILES string of the molecule is CCC(CNC(=O)OCC1c2ccccc2-c2ccccc21)C(=O)N1CC(F)(F)C[C@@H]1C(=O)O. The van der Waals surface area contributed by atoms with Crippen LogP contribution >= 0.6 is 0 Å². The Kier molecular flexibility index (Phi) is 6.54. The van der Waals surface area contributed by atoms with Crippen LogP contribution in [-0.4, -0.2) is 59.6 Å². The standard InChI is InChI=1S/C25H26F2N2O5/c1-2-15(22(30)29-14-25(26,27)11-21(29)23(31)32)12-28-24(33)34-13-20-18-9-5-3-7-16(18)17-8-4-6-10-19(17)20/h3-10,15,20-21H,2,11-14H2,1H3,(H,28,33)(H,31,32)/t15?,21-/m1/s1. The Balaban J connectivity index is 1.36. The third-order valence-corrected chi connectivity index (χ3v) is 6.52. The molecule has 2 aliphatic rings. The van der Waals surface area contributed by atoms with E-state index in [-0.39, 0.29) is 25.5 Å². The Bertz CT molecular complexity index is 1060. The van der Waals surface area contributed by atoms with Crippen molar-refractivity contribution < 1.29 is 33.0 Å². The molecule has 2 N–H and O–H groups in total. The van der Waals surface area contributed by atoms with Gasteiger partial charge in [-0.15, -0.1) is 0 Å². The summed E-state index contributed by atoms with van der Waals surface area (Å²) in [5.74, 6) is -6.39. The minimum absolute atomic E-state index is 0.101. The fourth-order valence-electron chi connectivity index (χ4n) is 4.77. The van der Waals surface area contributed by atoms with Crippen LogP contribution in [-0.2, 0) is 14.3 Å². The maximum atomic E-state index is 13.8. The lowest BCUT2D eigenvalue weighted by molar-refractivity contribution is -0.149. The zero-order valence-corrected chi connectivity index (χ0v) is 18.7. The van der Waals surface area contributed by atoms with E-state index in [9.17, 15) is 28.3 Å². The monoisotopic (exact) mass is 472 g/mol. The van der Waals surface area contributed by atoms with E-state index in [2.05, 4.69) is 5.32 Å². The first-order valence-corrected chi connectivity index (χ1v) is 11.2. The van der Waals surface area contributed by atoms with Crippen LogP contribution in [0.2, 0.25) is 0 Å². The van der Waals surface area contributed by atoms with Gasteiger partial charge in [-0.25, -0.2) is 18.4 Å². The summed E-state index contributed by atoms with van der Waals surface area (Å²) in [5, 5.41) is 11.8. The van der Waals surface area contributed by atoms with Crippen molar-refractivity contribution in [3.63, 3.8) is 0 Å². The zero-order chi connectivity index (χ0) is 24.5. The number of nitrogens with one attached hydrogen (secondary N) is 1. The lowest BCUT2D eigenvalue weighted by Crippen LogP contribution is -2.46. The predicted octanol–water partition coefficient (Wildman–Crippen LogP) is 3.87. The number of rotatable bonds is 7. The lowest BCUT2D eigenvalue weighted by Gasteiger charge is -2.26. The third kappa shape index (κ3) is 4.60. The molecule has 1 aliphatic heterocycles. The van der Waals surface area contributed by atoms with Crippen LogP contribution in [0.15, 0.2) is 48.5 Å². The van der Waals surface area contributed by atoms with E-state index in [1.165, 1.54) is 0 Å². The number of fused-ring (bicyclic) bond motifs is 3. The molecule has 1 unspecified atom stereocenters. The maximum absolute atomic E-state index is 13.8. The molecule has 2 aromatic carbocycles. The number of alkyl carbamates (subject to hydrolysis) is 1. The predicted molar refractivity (Wildman–Crippen MR) is 120 cm³/mol. The maximum Gasteiger partial charge on any atom is 0.407 e. The summed E-state index contributed by atoms with van der Waals surface area (Å²) >= 11 is 0. The molecule has 7 nitrogen and oxygen atoms in total. The van der Waals surface area contributed by atoms with Crippen molar-refractivity contribution in [2.45, 2.75) is 37.6 Å². The van der Waals surface area contributed by atoms with Crippen molar-refractivity contribution in [1.29, 1.82) is 0 Å². The van der Waals surface area contributed by atoms with Gasteiger partial charge in [0.2, 0.25) is 5.91 Å². The van der Waals surface area contributed by atoms with Gasteiger partial charge in [0, 0.05) is 18.9 Å². The van der Waals surface area contributed by atoms with E-state index in [1.54, 1.807) is 6.92 Å². The van der Waals surface area contributed by atoms with E-state index in [1.807, 2.05) is 48.5 Å². The smallest absolute Gasteiger partial charge is 0.407 e. The molecular formula is C25H26F2N2O5. The molecule has 0 aromatic heterocycles. The average Bonchev–Trinajstić information content (AvgIpc) is 3.32. The summed E-state index contributed by atoms with van der Waals surface area (Å²) < 4.78 is 33.0. The fourth-order valence-corrected chi connectivity index (χ4v) is 4.77. The second-order valence-electron chi connectivity index (χ2n) is 8.69. The van der Waals surface area contributed by atoms with Crippen LogP contribution in [0.1, 0.15) is 36.8 Å². The number of halogens is 2. The number of ether oxygens (including phenoxy) is 1. The first kappa shape index (κ1) is 23.7. The molecule has 0 radical (unpaired) electrons. The molecule has 0 spiro atoms. The number of hydrogen-bond donors (Lipinski definition) is 2. The number of carboxylic acid groups (broad SMARTS) is 1. The molecule has 1 aliphatic carbocycles. The molecule has 1 saturated heterocycles. The van der Waals surface area contributed by atoms with Crippen molar-refractivity contribution >= 4 is 18.0 Å². The normalized spacial score (nSPS) is 19.3. The van der Waals surface area contributed by atoms with Crippen molar-refractivity contribution in [3.05, 3.63) is 59.7 Å². The summed E-state index contributed by atoms with van der Waals surface area (Å²) in [6.45, 7) is 0.695. The van der Waals surface area contributed by atoms with E-state index in [4.69, 9.17) is 4.74 Å². The Labute approximate surface area is 195 Å². The minimum Gasteiger partial charge on any atom is -0.480 e. The van der Waals surface area contributed by atoms with Gasteiger partial charge in [0.05, 0.1) is 12.5 Å². The number of carbonyl (C=O) groups excluding carboxylic acids is 2. The van der Waals surface area contributed by atoms with E-state index >= 15 is 0 Å². The zero-order valence-electron chi connectivity index (χ0n) is 18.7. The summed E-state index contributed by atoms with van der Waals surface area (Å²) in [4.78, 5) is 37.2. The largest absolute Gasteiger partial charge is 0.480 e. The highest BCUT2D eigenvalue weighted by Gasteiger charge is 2.51. The molecule has 2 atom stereocenters. The lowest BCUT2D eigenvalue weighted by atomic mass is 9.98. The van der Waals surface area contributed by atoms with Gasteiger partial charge >= 0.3 is 12.1 Å². The van der Waals surface area contributed by atoms with Gasteiger partial charge in [-0.2, -0.15) is 0 Å². The number of nitrogens with zero attached hydrogens (tertiary/aromatic N) is 1. The van der Waals surface area contributed by atoms with Crippen LogP contribution in [0.5, 0.6) is 0 Å². The van der Waals surface area contributed by atoms with Crippen LogP contribution in [0, 0.1) is 5.92 Å². The highest BCUT2D eigenvalue weighted by atomic mass is 19.3. The molecule has 2 amide bonds. The van der Waals surface area contributed by atoms with Gasteiger partial charge < -0.3 is 20.1 Å². The first-order valence-electron chi connectivity index (χ1n) is 11.2. The number of benzene rings is 2. The molecule has 1 heterocycles. The number of hydrogen-bond acceptors (Lipinski definition) is 4. The number of carboxylic acids is 1. The van der Waals surface area contributed by atoms with Crippen LogP contribution in [0.25, 0.3) is 11.1 Å².